The number of carbonyl (C=O) groups excluding carboxylic acids is 1. The van der Waals surface area contributed by atoms with Gasteiger partial charge in [-0.15, -0.1) is 0 Å². The van der Waals surface area contributed by atoms with Crippen molar-refractivity contribution >= 4 is 21.8 Å². The molecule has 1 aliphatic heterocycles. The molecule has 2 heterocycles. The zero-order valence-corrected chi connectivity index (χ0v) is 13.3. The summed E-state index contributed by atoms with van der Waals surface area (Å²) in [5.74, 6) is -0.581. The number of piperidine rings is 1. The molecule has 9 heteroatoms. The molecule has 118 valence electrons. The van der Waals surface area contributed by atoms with E-state index >= 15 is 0 Å². The second-order valence-corrected chi connectivity index (χ2v) is 5.98. The predicted octanol–water partition coefficient (Wildman–Crippen LogP) is 2.03. The fourth-order valence-corrected chi connectivity index (χ4v) is 3.10. The summed E-state index contributed by atoms with van der Waals surface area (Å²) < 4.78 is 38.9. The molecule has 1 amide bonds. The van der Waals surface area contributed by atoms with Crippen LogP contribution in [0.1, 0.15) is 29.0 Å². The molecule has 0 unspecified atom stereocenters. The fourth-order valence-electron chi connectivity index (χ4n) is 2.36. The second kappa shape index (κ2) is 5.96. The molecule has 21 heavy (non-hydrogen) atoms. The van der Waals surface area contributed by atoms with Gasteiger partial charge in [-0.3, -0.25) is 9.48 Å². The van der Waals surface area contributed by atoms with E-state index in [1.165, 1.54) is 7.05 Å². The topological polar surface area (TPSA) is 50.2 Å². The van der Waals surface area contributed by atoms with Crippen LogP contribution in [0.5, 0.6) is 0 Å². The summed E-state index contributed by atoms with van der Waals surface area (Å²) in [6.45, 7) is 1.70. The fraction of sp³-hybridized carbons (Fsp3) is 0.667. The average molecular weight is 369 g/mol. The minimum absolute atomic E-state index is 0.0306. The van der Waals surface area contributed by atoms with E-state index in [0.29, 0.717) is 4.68 Å². The Labute approximate surface area is 128 Å². The molecule has 0 atom stereocenters. The number of alkyl halides is 3. The Balaban J connectivity index is 2.13. The summed E-state index contributed by atoms with van der Waals surface area (Å²) in [4.78, 5) is 14.2. The number of carbonyl (C=O) groups is 1. The van der Waals surface area contributed by atoms with Crippen LogP contribution in [0.25, 0.3) is 0 Å². The van der Waals surface area contributed by atoms with Gasteiger partial charge in [0.25, 0.3) is 5.91 Å². The van der Waals surface area contributed by atoms with Crippen molar-refractivity contribution in [2.75, 3.05) is 20.1 Å². The normalized spacial score (nSPS) is 18.0. The Bertz CT molecular complexity index is 535. The molecule has 1 N–H and O–H groups in total. The van der Waals surface area contributed by atoms with E-state index < -0.39 is 17.8 Å². The lowest BCUT2D eigenvalue weighted by atomic mass is 10.1. The number of nitrogens with zero attached hydrogens (tertiary/aromatic N) is 3. The van der Waals surface area contributed by atoms with Gasteiger partial charge in [-0.1, -0.05) is 0 Å². The Hall–Kier alpha value is -1.09. The molecule has 0 saturated carbocycles. The maximum Gasteiger partial charge on any atom is 0.434 e. The number of aromatic nitrogens is 2. The first kappa shape index (κ1) is 16.3. The van der Waals surface area contributed by atoms with Crippen LogP contribution in [0.4, 0.5) is 13.2 Å². The maximum atomic E-state index is 12.9. The third-order valence-corrected chi connectivity index (χ3v) is 4.28. The Morgan fingerprint density at radius 1 is 1.33 bits per heavy atom. The number of hydrogen-bond donors (Lipinski definition) is 1. The zero-order valence-electron chi connectivity index (χ0n) is 11.7. The van der Waals surface area contributed by atoms with Crippen molar-refractivity contribution in [3.8, 4) is 0 Å². The molecule has 0 radical (unpaired) electrons. The van der Waals surface area contributed by atoms with Gasteiger partial charge in [-0.05, 0) is 48.9 Å². The van der Waals surface area contributed by atoms with Crippen molar-refractivity contribution in [1.29, 1.82) is 0 Å². The smallest absolute Gasteiger partial charge is 0.348 e. The summed E-state index contributed by atoms with van der Waals surface area (Å²) in [6.07, 6.45) is -3.01. The highest BCUT2D eigenvalue weighted by molar-refractivity contribution is 9.10. The third-order valence-electron chi connectivity index (χ3n) is 3.53. The van der Waals surface area contributed by atoms with Crippen LogP contribution in [0.15, 0.2) is 4.47 Å². The first-order chi connectivity index (χ1) is 9.70. The SMILES string of the molecule is CN1CCC(NC(=O)c2nn(C)c(C(F)(F)F)c2Br)CC1. The highest BCUT2D eigenvalue weighted by Gasteiger charge is 2.39. The standard InChI is InChI=1S/C12H16BrF3N4O/c1-19-5-3-7(4-6-19)17-11(21)9-8(13)10(12(14,15)16)20(2)18-9/h7H,3-6H2,1-2H3,(H,17,21). The lowest BCUT2D eigenvalue weighted by Gasteiger charge is -2.29. The molecule has 1 aromatic rings. The van der Waals surface area contributed by atoms with Crippen LogP contribution in [0, 0.1) is 0 Å². The highest BCUT2D eigenvalue weighted by Crippen LogP contribution is 2.36. The van der Waals surface area contributed by atoms with Crippen LogP contribution in [0.2, 0.25) is 0 Å². The number of rotatable bonds is 2. The van der Waals surface area contributed by atoms with Crippen LogP contribution >= 0.6 is 15.9 Å². The third kappa shape index (κ3) is 3.57. The molecule has 0 aromatic carbocycles. The van der Waals surface area contributed by atoms with E-state index in [1.54, 1.807) is 0 Å². The lowest BCUT2D eigenvalue weighted by Crippen LogP contribution is -2.43. The van der Waals surface area contributed by atoms with Gasteiger partial charge in [0.05, 0.1) is 4.47 Å². The summed E-state index contributed by atoms with van der Waals surface area (Å²) in [7, 11) is 3.16. The van der Waals surface area contributed by atoms with Crippen LogP contribution in [-0.4, -0.2) is 46.8 Å². The molecule has 1 fully saturated rings. The number of amides is 1. The minimum Gasteiger partial charge on any atom is -0.348 e. The summed E-state index contributed by atoms with van der Waals surface area (Å²) in [5, 5.41) is 6.43. The Morgan fingerprint density at radius 2 is 1.90 bits per heavy atom. The number of halogens is 4. The quantitative estimate of drug-likeness (QED) is 0.868. The van der Waals surface area contributed by atoms with Gasteiger partial charge < -0.3 is 10.2 Å². The van der Waals surface area contributed by atoms with Crippen molar-refractivity contribution in [3.05, 3.63) is 15.9 Å². The van der Waals surface area contributed by atoms with E-state index in [2.05, 4.69) is 31.2 Å². The monoisotopic (exact) mass is 368 g/mol. The Morgan fingerprint density at radius 3 is 2.38 bits per heavy atom. The minimum atomic E-state index is -4.56. The number of hydrogen-bond acceptors (Lipinski definition) is 3. The van der Waals surface area contributed by atoms with Crippen LogP contribution < -0.4 is 5.32 Å². The van der Waals surface area contributed by atoms with Crippen LogP contribution in [-0.2, 0) is 13.2 Å². The van der Waals surface area contributed by atoms with Gasteiger partial charge in [0.1, 0.15) is 0 Å². The molecule has 2 rings (SSSR count). The molecular weight excluding hydrogens is 353 g/mol. The van der Waals surface area contributed by atoms with E-state index in [0.717, 1.165) is 25.9 Å². The number of aryl methyl sites for hydroxylation is 1. The maximum absolute atomic E-state index is 12.9. The molecular formula is C12H16BrF3N4O. The summed E-state index contributed by atoms with van der Waals surface area (Å²) in [5.41, 5.74) is -1.19. The average Bonchev–Trinajstić information content (AvgIpc) is 2.67. The van der Waals surface area contributed by atoms with Crippen molar-refractivity contribution in [3.63, 3.8) is 0 Å². The molecule has 1 aliphatic rings. The highest BCUT2D eigenvalue weighted by atomic mass is 79.9. The number of likely N-dealkylation sites (tertiary alicyclic amines) is 1. The molecule has 0 aliphatic carbocycles. The molecule has 1 aromatic heterocycles. The first-order valence-corrected chi connectivity index (χ1v) is 7.28. The molecule has 0 spiro atoms. The van der Waals surface area contributed by atoms with Crippen molar-refractivity contribution in [1.82, 2.24) is 20.0 Å². The first-order valence-electron chi connectivity index (χ1n) is 6.49. The van der Waals surface area contributed by atoms with E-state index in [1.807, 2.05) is 7.05 Å². The van der Waals surface area contributed by atoms with E-state index in [-0.39, 0.29) is 16.2 Å². The van der Waals surface area contributed by atoms with Gasteiger partial charge in [-0.25, -0.2) is 0 Å². The van der Waals surface area contributed by atoms with Gasteiger partial charge in [0, 0.05) is 13.1 Å². The van der Waals surface area contributed by atoms with Gasteiger partial charge >= 0.3 is 6.18 Å². The van der Waals surface area contributed by atoms with Crippen molar-refractivity contribution in [2.45, 2.75) is 25.1 Å². The molecule has 1 saturated heterocycles. The van der Waals surface area contributed by atoms with Gasteiger partial charge in [0.15, 0.2) is 11.4 Å². The van der Waals surface area contributed by atoms with Gasteiger partial charge in [0.2, 0.25) is 0 Å². The van der Waals surface area contributed by atoms with E-state index in [9.17, 15) is 18.0 Å². The van der Waals surface area contributed by atoms with Crippen molar-refractivity contribution in [2.24, 2.45) is 7.05 Å². The van der Waals surface area contributed by atoms with E-state index in [4.69, 9.17) is 0 Å². The summed E-state index contributed by atoms with van der Waals surface area (Å²) >= 11 is 2.84. The summed E-state index contributed by atoms with van der Waals surface area (Å²) in [6, 6.07) is -0.0306. The lowest BCUT2D eigenvalue weighted by molar-refractivity contribution is -0.144. The molecule has 0 bridgehead atoms. The predicted molar refractivity (Wildman–Crippen MR) is 73.9 cm³/mol. The van der Waals surface area contributed by atoms with Gasteiger partial charge in [-0.2, -0.15) is 18.3 Å². The van der Waals surface area contributed by atoms with Crippen molar-refractivity contribution < 1.29 is 18.0 Å². The zero-order chi connectivity index (χ0) is 15.8. The Kier molecular flexibility index (Phi) is 4.62. The van der Waals surface area contributed by atoms with Crippen LogP contribution in [0.3, 0.4) is 0 Å². The largest absolute Gasteiger partial charge is 0.434 e. The number of nitrogens with one attached hydrogen (secondary N) is 1. The second-order valence-electron chi connectivity index (χ2n) is 5.18. The molecule has 5 nitrogen and oxygen atoms in total.